The van der Waals surface area contributed by atoms with Crippen LogP contribution < -0.4 is 5.32 Å². The van der Waals surface area contributed by atoms with Crippen molar-refractivity contribution >= 4 is 23.0 Å². The normalized spacial score (nSPS) is 11.6. The van der Waals surface area contributed by atoms with E-state index in [-0.39, 0.29) is 11.7 Å². The number of amides is 1. The standard InChI is InChI=1S/C22H27N3O2/c1-7-14(2)21(15(3)26)18-12-16(8-11-20(18)23-4)19-10-9-17(13-24-19)22(27)25(5)6/h8-13,23H,7H2,1-6H3. The molecule has 1 heterocycles. The Morgan fingerprint density at radius 2 is 1.81 bits per heavy atom. The van der Waals surface area contributed by atoms with Crippen LogP contribution in [0.15, 0.2) is 42.1 Å². The lowest BCUT2D eigenvalue weighted by Crippen LogP contribution is -2.21. The molecule has 2 aromatic rings. The van der Waals surface area contributed by atoms with Crippen LogP contribution >= 0.6 is 0 Å². The molecule has 0 atom stereocenters. The highest BCUT2D eigenvalue weighted by molar-refractivity contribution is 6.22. The fraction of sp³-hybridized carbons (Fsp3) is 0.318. The second kappa shape index (κ2) is 8.62. The lowest BCUT2D eigenvalue weighted by Gasteiger charge is -2.15. The van der Waals surface area contributed by atoms with E-state index in [0.717, 1.165) is 40.1 Å². The molecule has 0 aliphatic heterocycles. The molecule has 1 N–H and O–H groups in total. The third kappa shape index (κ3) is 4.42. The van der Waals surface area contributed by atoms with Crippen molar-refractivity contribution in [3.05, 3.63) is 53.2 Å². The molecule has 1 aromatic carbocycles. The number of carbonyl (C=O) groups excluding carboxylic acids is 2. The van der Waals surface area contributed by atoms with Crippen molar-refractivity contribution < 1.29 is 9.59 Å². The number of benzene rings is 1. The monoisotopic (exact) mass is 365 g/mol. The molecule has 0 spiro atoms. The highest BCUT2D eigenvalue weighted by atomic mass is 16.2. The van der Waals surface area contributed by atoms with Gasteiger partial charge in [-0.3, -0.25) is 14.6 Å². The van der Waals surface area contributed by atoms with Crippen molar-refractivity contribution in [2.75, 3.05) is 26.5 Å². The van der Waals surface area contributed by atoms with Crippen LogP contribution in [0.1, 0.15) is 43.1 Å². The molecule has 1 amide bonds. The molecule has 2 rings (SSSR count). The number of Topliss-reactive ketones (excluding diaryl/α,β-unsaturated/α-hetero) is 1. The molecule has 0 aliphatic rings. The SMILES string of the molecule is CCC(C)=C(C(C)=O)c1cc(-c2ccc(C(=O)N(C)C)cn2)ccc1NC. The van der Waals surface area contributed by atoms with Crippen LogP contribution in [0.5, 0.6) is 0 Å². The van der Waals surface area contributed by atoms with Gasteiger partial charge in [-0.25, -0.2) is 0 Å². The van der Waals surface area contributed by atoms with Crippen molar-refractivity contribution in [2.45, 2.75) is 27.2 Å². The maximum Gasteiger partial charge on any atom is 0.254 e. The summed E-state index contributed by atoms with van der Waals surface area (Å²) in [5.41, 5.74) is 5.76. The van der Waals surface area contributed by atoms with Crippen LogP contribution in [-0.2, 0) is 4.79 Å². The average Bonchev–Trinajstić information content (AvgIpc) is 2.67. The third-order valence-electron chi connectivity index (χ3n) is 4.58. The van der Waals surface area contributed by atoms with Gasteiger partial charge < -0.3 is 10.2 Å². The van der Waals surface area contributed by atoms with E-state index in [2.05, 4.69) is 10.3 Å². The van der Waals surface area contributed by atoms with E-state index in [1.807, 2.05) is 45.2 Å². The van der Waals surface area contributed by atoms with Crippen LogP contribution in [-0.4, -0.2) is 42.7 Å². The number of hydrogen-bond acceptors (Lipinski definition) is 4. The number of anilines is 1. The van der Waals surface area contributed by atoms with Gasteiger partial charge >= 0.3 is 0 Å². The van der Waals surface area contributed by atoms with Crippen molar-refractivity contribution in [3.8, 4) is 11.3 Å². The zero-order valence-corrected chi connectivity index (χ0v) is 16.9. The zero-order chi connectivity index (χ0) is 20.1. The minimum absolute atomic E-state index is 0.0443. The van der Waals surface area contributed by atoms with Gasteiger partial charge in [0.2, 0.25) is 0 Å². The van der Waals surface area contributed by atoms with Gasteiger partial charge in [0.15, 0.2) is 5.78 Å². The average molecular weight is 365 g/mol. The van der Waals surface area contributed by atoms with Crippen molar-refractivity contribution in [1.82, 2.24) is 9.88 Å². The molecule has 0 fully saturated rings. The van der Waals surface area contributed by atoms with E-state index >= 15 is 0 Å². The van der Waals surface area contributed by atoms with Crippen LogP contribution in [0.25, 0.3) is 16.8 Å². The first kappa shape index (κ1) is 20.4. The molecule has 5 heteroatoms. The number of nitrogens with one attached hydrogen (secondary N) is 1. The molecule has 0 bridgehead atoms. The van der Waals surface area contributed by atoms with Gasteiger partial charge in [-0.05, 0) is 44.5 Å². The largest absolute Gasteiger partial charge is 0.388 e. The van der Waals surface area contributed by atoms with Gasteiger partial charge in [0.25, 0.3) is 5.91 Å². The second-order valence-corrected chi connectivity index (χ2v) is 6.71. The lowest BCUT2D eigenvalue weighted by atomic mass is 9.92. The molecular weight excluding hydrogens is 338 g/mol. The summed E-state index contributed by atoms with van der Waals surface area (Å²) < 4.78 is 0. The number of allylic oxidation sites excluding steroid dienone is 2. The number of aromatic nitrogens is 1. The summed E-state index contributed by atoms with van der Waals surface area (Å²) in [5, 5.41) is 3.17. The highest BCUT2D eigenvalue weighted by Gasteiger charge is 2.16. The van der Waals surface area contributed by atoms with E-state index in [4.69, 9.17) is 0 Å². The van der Waals surface area contributed by atoms with Gasteiger partial charge in [0.05, 0.1) is 11.3 Å². The van der Waals surface area contributed by atoms with E-state index in [1.54, 1.807) is 33.3 Å². The number of hydrogen-bond donors (Lipinski definition) is 1. The Hall–Kier alpha value is -2.95. The predicted molar refractivity (Wildman–Crippen MR) is 111 cm³/mol. The summed E-state index contributed by atoms with van der Waals surface area (Å²) in [5.74, 6) is -0.0384. The smallest absolute Gasteiger partial charge is 0.254 e. The Balaban J connectivity index is 2.54. The lowest BCUT2D eigenvalue weighted by molar-refractivity contribution is -0.111. The number of rotatable bonds is 6. The molecule has 27 heavy (non-hydrogen) atoms. The third-order valence-corrected chi connectivity index (χ3v) is 4.58. The predicted octanol–water partition coefficient (Wildman–Crippen LogP) is 4.26. The van der Waals surface area contributed by atoms with Gasteiger partial charge in [-0.1, -0.05) is 18.6 Å². The van der Waals surface area contributed by atoms with Crippen LogP contribution in [0.4, 0.5) is 5.69 Å². The Labute approximate surface area is 161 Å². The molecule has 0 unspecified atom stereocenters. The second-order valence-electron chi connectivity index (χ2n) is 6.71. The molecule has 0 saturated carbocycles. The Kier molecular flexibility index (Phi) is 6.50. The minimum atomic E-state index is -0.0827. The van der Waals surface area contributed by atoms with Crippen LogP contribution in [0.2, 0.25) is 0 Å². The van der Waals surface area contributed by atoms with E-state index in [1.165, 1.54) is 4.90 Å². The molecule has 0 aliphatic carbocycles. The van der Waals surface area contributed by atoms with Gasteiger partial charge in [-0.15, -0.1) is 0 Å². The first-order chi connectivity index (χ1) is 12.8. The zero-order valence-electron chi connectivity index (χ0n) is 16.9. The first-order valence-corrected chi connectivity index (χ1v) is 9.01. The summed E-state index contributed by atoms with van der Waals surface area (Å²) in [6.45, 7) is 5.63. The van der Waals surface area contributed by atoms with Crippen LogP contribution in [0, 0.1) is 0 Å². The van der Waals surface area contributed by atoms with Crippen molar-refractivity contribution in [2.24, 2.45) is 0 Å². The fourth-order valence-corrected chi connectivity index (χ4v) is 2.97. The number of nitrogens with zero attached hydrogens (tertiary/aromatic N) is 2. The Bertz CT molecular complexity index is 881. The molecule has 142 valence electrons. The Morgan fingerprint density at radius 3 is 2.30 bits per heavy atom. The molecule has 5 nitrogen and oxygen atoms in total. The van der Waals surface area contributed by atoms with E-state index in [9.17, 15) is 9.59 Å². The van der Waals surface area contributed by atoms with Crippen molar-refractivity contribution in [1.29, 1.82) is 0 Å². The summed E-state index contributed by atoms with van der Waals surface area (Å²) in [6, 6.07) is 9.51. The first-order valence-electron chi connectivity index (χ1n) is 9.01. The van der Waals surface area contributed by atoms with Gasteiger partial charge in [-0.2, -0.15) is 0 Å². The maximum atomic E-state index is 12.3. The summed E-state index contributed by atoms with van der Waals surface area (Å²) in [7, 11) is 5.27. The van der Waals surface area contributed by atoms with Crippen molar-refractivity contribution in [3.63, 3.8) is 0 Å². The van der Waals surface area contributed by atoms with Gasteiger partial charge in [0.1, 0.15) is 0 Å². The quantitative estimate of drug-likeness (QED) is 0.777. The summed E-state index contributed by atoms with van der Waals surface area (Å²) >= 11 is 0. The van der Waals surface area contributed by atoms with Crippen LogP contribution in [0.3, 0.4) is 0 Å². The molecule has 0 radical (unpaired) electrons. The van der Waals surface area contributed by atoms with E-state index < -0.39 is 0 Å². The molecule has 1 aromatic heterocycles. The fourth-order valence-electron chi connectivity index (χ4n) is 2.97. The number of pyridine rings is 1. The van der Waals surface area contributed by atoms with Gasteiger partial charge in [0, 0.05) is 49.7 Å². The van der Waals surface area contributed by atoms with E-state index in [0.29, 0.717) is 5.56 Å². The maximum absolute atomic E-state index is 12.3. The number of ketones is 1. The minimum Gasteiger partial charge on any atom is -0.388 e. The topological polar surface area (TPSA) is 62.3 Å². The Morgan fingerprint density at radius 1 is 1.11 bits per heavy atom. The summed E-state index contributed by atoms with van der Waals surface area (Å²) in [6.07, 6.45) is 2.39. The molecular formula is C22H27N3O2. The number of carbonyl (C=O) groups is 2. The molecule has 0 saturated heterocycles. The summed E-state index contributed by atoms with van der Waals surface area (Å²) in [4.78, 5) is 30.3. The highest BCUT2D eigenvalue weighted by Crippen LogP contribution is 2.32.